The Hall–Kier alpha value is -3.39. The Morgan fingerprint density at radius 3 is 2.45 bits per heavy atom. The van der Waals surface area contributed by atoms with E-state index in [1.165, 1.54) is 5.01 Å². The summed E-state index contributed by atoms with van der Waals surface area (Å²) in [6, 6.07) is 10.2. The average Bonchev–Trinajstić information content (AvgIpc) is 3.08. The fourth-order valence-electron chi connectivity index (χ4n) is 3.16. The molecule has 0 atom stereocenters. The first-order chi connectivity index (χ1) is 15.9. The first kappa shape index (κ1) is 24.3. The van der Waals surface area contributed by atoms with Crippen molar-refractivity contribution in [2.24, 2.45) is 5.10 Å². The minimum absolute atomic E-state index is 0.270. The number of carbonyl (C=O) groups excluding carboxylic acids is 2. The third-order valence-corrected chi connectivity index (χ3v) is 5.39. The lowest BCUT2D eigenvalue weighted by Gasteiger charge is -2.14. The second-order valence-electron chi connectivity index (χ2n) is 6.98. The molecule has 1 heterocycles. The van der Waals surface area contributed by atoms with Gasteiger partial charge in [-0.05, 0) is 68.8 Å². The molecule has 2 aromatic rings. The number of esters is 1. The molecular weight excluding hydrogens is 488 g/mol. The van der Waals surface area contributed by atoms with E-state index >= 15 is 0 Å². The molecule has 0 radical (unpaired) electrons. The molecule has 0 aliphatic carbocycles. The van der Waals surface area contributed by atoms with Crippen molar-refractivity contribution in [3.63, 3.8) is 0 Å². The summed E-state index contributed by atoms with van der Waals surface area (Å²) in [6.45, 7) is 10.2. The molecule has 8 heteroatoms. The predicted octanol–water partition coefficient (Wildman–Crippen LogP) is 5.40. The van der Waals surface area contributed by atoms with Crippen LogP contribution >= 0.6 is 15.9 Å². The molecule has 33 heavy (non-hydrogen) atoms. The van der Waals surface area contributed by atoms with Crippen LogP contribution in [0.15, 0.2) is 64.2 Å². The average molecular weight is 513 g/mol. The molecule has 0 saturated heterocycles. The van der Waals surface area contributed by atoms with Gasteiger partial charge >= 0.3 is 5.97 Å². The maximum Gasteiger partial charge on any atom is 0.338 e. The van der Waals surface area contributed by atoms with Gasteiger partial charge in [-0.25, -0.2) is 4.79 Å². The molecule has 172 valence electrons. The molecule has 7 nitrogen and oxygen atoms in total. The summed E-state index contributed by atoms with van der Waals surface area (Å²) < 4.78 is 17.1. The van der Waals surface area contributed by atoms with E-state index in [9.17, 15) is 9.59 Å². The number of halogens is 1. The van der Waals surface area contributed by atoms with Gasteiger partial charge in [0.1, 0.15) is 6.61 Å². The van der Waals surface area contributed by atoms with E-state index in [2.05, 4.69) is 27.6 Å². The number of carbonyl (C=O) groups is 2. The van der Waals surface area contributed by atoms with Crippen molar-refractivity contribution in [1.29, 1.82) is 0 Å². The molecule has 0 saturated carbocycles. The third-order valence-electron chi connectivity index (χ3n) is 4.70. The highest BCUT2D eigenvalue weighted by molar-refractivity contribution is 9.10. The van der Waals surface area contributed by atoms with Gasteiger partial charge in [-0.1, -0.05) is 28.6 Å². The van der Waals surface area contributed by atoms with E-state index in [1.54, 1.807) is 56.3 Å². The van der Waals surface area contributed by atoms with Gasteiger partial charge < -0.3 is 14.2 Å². The van der Waals surface area contributed by atoms with E-state index in [0.29, 0.717) is 53.9 Å². The van der Waals surface area contributed by atoms with Gasteiger partial charge in [0.25, 0.3) is 5.91 Å². The van der Waals surface area contributed by atoms with Crippen molar-refractivity contribution in [3.05, 3.63) is 70.2 Å². The van der Waals surface area contributed by atoms with Crippen LogP contribution in [0.3, 0.4) is 0 Å². The van der Waals surface area contributed by atoms with Gasteiger partial charge in [-0.3, -0.25) is 4.79 Å². The van der Waals surface area contributed by atoms with Crippen LogP contribution in [0.5, 0.6) is 11.5 Å². The fraction of sp³-hybridized carbons (Fsp3) is 0.240. The Balaban J connectivity index is 1.89. The maximum absolute atomic E-state index is 13.1. The molecule has 0 N–H and O–H groups in total. The van der Waals surface area contributed by atoms with Crippen molar-refractivity contribution >= 4 is 45.3 Å². The second kappa shape index (κ2) is 11.0. The summed E-state index contributed by atoms with van der Waals surface area (Å²) in [5.41, 5.74) is 2.74. The number of ether oxygens (including phenoxy) is 3. The predicted molar refractivity (Wildman–Crippen MR) is 132 cm³/mol. The Morgan fingerprint density at radius 1 is 1.12 bits per heavy atom. The summed E-state index contributed by atoms with van der Waals surface area (Å²) in [4.78, 5) is 25.0. The van der Waals surface area contributed by atoms with Gasteiger partial charge in [0.05, 0.1) is 35.7 Å². The van der Waals surface area contributed by atoms with Gasteiger partial charge in [0.2, 0.25) is 0 Å². The zero-order chi connectivity index (χ0) is 24.0. The molecule has 1 aliphatic rings. The van der Waals surface area contributed by atoms with Crippen LogP contribution in [0.25, 0.3) is 6.08 Å². The second-order valence-corrected chi connectivity index (χ2v) is 7.84. The van der Waals surface area contributed by atoms with E-state index in [1.807, 2.05) is 13.0 Å². The standard InChI is InChI=1S/C25H25BrN2O5/c1-5-12-33-23-15-21(26)18(14-22(23)31-6-2)13-20-16(4)27-28(24(20)29)19-10-8-17(9-11-19)25(30)32-7-3/h5,8-11,13-15H,1,6-7,12H2,2-4H3/b20-13+. The van der Waals surface area contributed by atoms with Crippen molar-refractivity contribution in [1.82, 2.24) is 0 Å². The lowest BCUT2D eigenvalue weighted by Crippen LogP contribution is -2.21. The summed E-state index contributed by atoms with van der Waals surface area (Å²) in [7, 11) is 0. The fourth-order valence-corrected chi connectivity index (χ4v) is 3.60. The molecule has 3 rings (SSSR count). The van der Waals surface area contributed by atoms with Gasteiger partial charge in [0, 0.05) is 4.47 Å². The minimum Gasteiger partial charge on any atom is -0.490 e. The SMILES string of the molecule is C=CCOc1cc(Br)c(/C=C2/C(=O)N(c3ccc(C(=O)OCC)cc3)N=C2C)cc1OCC. The quantitative estimate of drug-likeness (QED) is 0.255. The van der Waals surface area contributed by atoms with E-state index in [4.69, 9.17) is 14.2 Å². The third kappa shape index (κ3) is 5.51. The van der Waals surface area contributed by atoms with Gasteiger partial charge in [-0.15, -0.1) is 0 Å². The highest BCUT2D eigenvalue weighted by atomic mass is 79.9. The zero-order valence-corrected chi connectivity index (χ0v) is 20.3. The smallest absolute Gasteiger partial charge is 0.338 e. The van der Waals surface area contributed by atoms with Crippen LogP contribution in [0.1, 0.15) is 36.7 Å². The Bertz CT molecular complexity index is 1120. The monoisotopic (exact) mass is 512 g/mol. The normalized spacial score (nSPS) is 14.3. The van der Waals surface area contributed by atoms with Crippen molar-refractivity contribution in [3.8, 4) is 11.5 Å². The highest BCUT2D eigenvalue weighted by Gasteiger charge is 2.29. The molecular formula is C25H25BrN2O5. The van der Waals surface area contributed by atoms with Crippen LogP contribution in [0.4, 0.5) is 5.69 Å². The minimum atomic E-state index is -0.410. The molecule has 0 aromatic heterocycles. The van der Waals surface area contributed by atoms with E-state index < -0.39 is 5.97 Å². The number of amides is 1. The van der Waals surface area contributed by atoms with Crippen LogP contribution in [-0.2, 0) is 9.53 Å². The number of hydrazone groups is 1. The maximum atomic E-state index is 13.1. The number of anilines is 1. The van der Waals surface area contributed by atoms with Crippen LogP contribution in [0.2, 0.25) is 0 Å². The first-order valence-corrected chi connectivity index (χ1v) is 11.3. The summed E-state index contributed by atoms with van der Waals surface area (Å²) in [5, 5.41) is 5.72. The molecule has 2 aromatic carbocycles. The largest absolute Gasteiger partial charge is 0.490 e. The first-order valence-electron chi connectivity index (χ1n) is 10.5. The van der Waals surface area contributed by atoms with Gasteiger partial charge in [-0.2, -0.15) is 10.1 Å². The number of nitrogens with zero attached hydrogens (tertiary/aromatic N) is 2. The Labute approximate surface area is 201 Å². The number of rotatable bonds is 9. The zero-order valence-electron chi connectivity index (χ0n) is 18.8. The highest BCUT2D eigenvalue weighted by Crippen LogP contribution is 2.36. The van der Waals surface area contributed by atoms with Gasteiger partial charge in [0.15, 0.2) is 11.5 Å². The molecule has 0 fully saturated rings. The lowest BCUT2D eigenvalue weighted by atomic mass is 10.1. The molecule has 1 amide bonds. The van der Waals surface area contributed by atoms with Crippen LogP contribution in [0, 0.1) is 0 Å². The van der Waals surface area contributed by atoms with E-state index in [0.717, 1.165) is 10.0 Å². The molecule has 0 unspecified atom stereocenters. The van der Waals surface area contributed by atoms with Crippen LogP contribution < -0.4 is 14.5 Å². The number of benzene rings is 2. The molecule has 1 aliphatic heterocycles. The van der Waals surface area contributed by atoms with Crippen molar-refractivity contribution < 1.29 is 23.8 Å². The van der Waals surface area contributed by atoms with E-state index in [-0.39, 0.29) is 5.91 Å². The number of hydrogen-bond donors (Lipinski definition) is 0. The molecule has 0 bridgehead atoms. The van der Waals surface area contributed by atoms with Crippen LogP contribution in [-0.4, -0.2) is 37.4 Å². The Morgan fingerprint density at radius 2 is 1.82 bits per heavy atom. The van der Waals surface area contributed by atoms with Crippen molar-refractivity contribution in [2.45, 2.75) is 20.8 Å². The number of hydrogen-bond acceptors (Lipinski definition) is 6. The Kier molecular flexibility index (Phi) is 8.06. The lowest BCUT2D eigenvalue weighted by molar-refractivity contribution is -0.114. The molecule has 0 spiro atoms. The van der Waals surface area contributed by atoms with Crippen molar-refractivity contribution in [2.75, 3.05) is 24.8 Å². The summed E-state index contributed by atoms with van der Waals surface area (Å²) in [6.07, 6.45) is 3.42. The summed E-state index contributed by atoms with van der Waals surface area (Å²) >= 11 is 3.55. The summed E-state index contributed by atoms with van der Waals surface area (Å²) in [5.74, 6) is 0.471. The topological polar surface area (TPSA) is 77.4 Å².